The Balaban J connectivity index is 0.00000253. The van der Waals surface area contributed by atoms with Gasteiger partial charge in [0.05, 0.1) is 11.1 Å². The van der Waals surface area contributed by atoms with Crippen molar-refractivity contribution in [3.63, 3.8) is 0 Å². The van der Waals surface area contributed by atoms with Crippen LogP contribution in [0.25, 0.3) is 11.1 Å². The summed E-state index contributed by atoms with van der Waals surface area (Å²) in [6.07, 6.45) is 0. The van der Waals surface area contributed by atoms with Crippen molar-refractivity contribution in [1.82, 2.24) is 0 Å². The molecule has 202 valence electrons. The third-order valence-electron chi connectivity index (χ3n) is 4.98. The molecular weight excluding hydrogens is 571 g/mol. The summed E-state index contributed by atoms with van der Waals surface area (Å²) in [4.78, 5) is 0. The van der Waals surface area contributed by atoms with Gasteiger partial charge in [0.25, 0.3) is 0 Å². The van der Waals surface area contributed by atoms with Crippen molar-refractivity contribution in [2.24, 2.45) is 0 Å². The van der Waals surface area contributed by atoms with E-state index < -0.39 is 69.2 Å². The van der Waals surface area contributed by atoms with Gasteiger partial charge in [-0.15, -0.1) is 0 Å². The van der Waals surface area contributed by atoms with Crippen molar-refractivity contribution in [1.29, 1.82) is 0 Å². The molecule has 4 aromatic carbocycles. The summed E-state index contributed by atoms with van der Waals surface area (Å²) in [6, 6.07) is 10.2. The van der Waals surface area contributed by atoms with E-state index in [0.717, 1.165) is 0 Å². The van der Waals surface area contributed by atoms with E-state index in [2.05, 4.69) is 11.5 Å². The lowest BCUT2D eigenvalue weighted by Crippen LogP contribution is -3.00. The second-order valence-corrected chi connectivity index (χ2v) is 7.41. The first-order valence-electron chi connectivity index (χ1n) is 9.93. The lowest BCUT2D eigenvalue weighted by molar-refractivity contribution is -0.255. The Morgan fingerprint density at radius 2 is 0.632 bits per heavy atom. The van der Waals surface area contributed by atoms with Crippen molar-refractivity contribution in [3.8, 4) is 34.1 Å². The molecule has 4 aromatic rings. The minimum atomic E-state index is -2.35. The fourth-order valence-electron chi connectivity index (χ4n) is 3.19. The van der Waals surface area contributed by atoms with Crippen LogP contribution >= 0.6 is 0 Å². The summed E-state index contributed by atoms with van der Waals surface area (Å²) in [5.74, 6) is -21.9. The van der Waals surface area contributed by atoms with Gasteiger partial charge in [-0.3, -0.25) is 0 Å². The number of hydrogen-bond acceptors (Lipinski definition) is 2. The molecule has 0 saturated carbocycles. The molecule has 0 aliphatic heterocycles. The van der Waals surface area contributed by atoms with Crippen LogP contribution in [0.1, 0.15) is 0 Å². The summed E-state index contributed by atoms with van der Waals surface area (Å²) in [7, 11) is 0. The first kappa shape index (κ1) is 30.6. The number of benzene rings is 4. The maximum atomic E-state index is 14.8. The van der Waals surface area contributed by atoms with Gasteiger partial charge in [-0.25, -0.2) is 17.6 Å². The summed E-state index contributed by atoms with van der Waals surface area (Å²) < 4.78 is 127. The van der Waals surface area contributed by atoms with Crippen LogP contribution in [0, 0.1) is 46.5 Å². The Morgan fingerprint density at radius 3 is 0.868 bits per heavy atom. The topological polar surface area (TPSA) is 73.7 Å². The smallest absolute Gasteiger partial charge is 0.205 e. The molecule has 0 aliphatic carbocycles. The van der Waals surface area contributed by atoms with E-state index in [1.165, 1.54) is 48.5 Å². The Labute approximate surface area is 221 Å². The molecule has 0 amide bonds. The highest BCUT2D eigenvalue weighted by molar-refractivity contribution is 5.69. The number of hydrogen-bond donors (Lipinski definition) is 2. The number of halogens is 10. The fourth-order valence-corrected chi connectivity index (χ4v) is 3.19. The fraction of sp³-hybridized carbons (Fsp3) is 0. The van der Waals surface area contributed by atoms with Gasteiger partial charge in [-0.1, -0.05) is 0 Å². The van der Waals surface area contributed by atoms with Crippen molar-refractivity contribution in [2.45, 2.75) is 0 Å². The van der Waals surface area contributed by atoms with Gasteiger partial charge >= 0.3 is 0 Å². The highest BCUT2D eigenvalue weighted by Crippen LogP contribution is 2.43. The van der Waals surface area contributed by atoms with Crippen molar-refractivity contribution < 1.29 is 80.9 Å². The number of rotatable bonds is 5. The molecule has 0 bridgehead atoms. The number of quaternary nitrogens is 2. The average molecular weight is 585 g/mol. The normalized spacial score (nSPS) is 10.5. The zero-order chi connectivity index (χ0) is 26.3. The zero-order valence-corrected chi connectivity index (χ0v) is 20.1. The van der Waals surface area contributed by atoms with E-state index >= 15 is 0 Å². The average Bonchev–Trinajstić information content (AvgIpc) is 2.86. The highest BCUT2D eigenvalue weighted by Gasteiger charge is 2.35. The predicted molar refractivity (Wildman–Crippen MR) is 110 cm³/mol. The maximum absolute atomic E-state index is 14.8. The van der Waals surface area contributed by atoms with Crippen molar-refractivity contribution in [3.05, 3.63) is 95.1 Å². The molecule has 14 heteroatoms. The Bertz CT molecular complexity index is 1320. The minimum absolute atomic E-state index is 0. The van der Waals surface area contributed by atoms with Gasteiger partial charge in [0, 0.05) is 24.3 Å². The van der Waals surface area contributed by atoms with Crippen molar-refractivity contribution in [2.75, 3.05) is 0 Å². The lowest BCUT2D eigenvalue weighted by atomic mass is 10.0. The van der Waals surface area contributed by atoms with Crippen LogP contribution in [0.4, 0.5) is 46.5 Å². The Kier molecular flexibility index (Phi) is 9.56. The van der Waals surface area contributed by atoms with Gasteiger partial charge < -0.3 is 45.8 Å². The van der Waals surface area contributed by atoms with Gasteiger partial charge in [0.15, 0.2) is 23.3 Å². The summed E-state index contributed by atoms with van der Waals surface area (Å²) in [5.41, 5.74) is 4.07. The van der Waals surface area contributed by atoms with Crippen LogP contribution in [0.2, 0.25) is 0 Å². The molecule has 0 unspecified atom stereocenters. The monoisotopic (exact) mass is 584 g/mol. The summed E-state index contributed by atoms with van der Waals surface area (Å²) in [5, 5.41) is 0. The van der Waals surface area contributed by atoms with Gasteiger partial charge in [0.2, 0.25) is 34.8 Å². The third kappa shape index (κ3) is 5.48. The van der Waals surface area contributed by atoms with E-state index in [1.54, 1.807) is 0 Å². The highest BCUT2D eigenvalue weighted by atomic mass is 35.5. The second kappa shape index (κ2) is 11.9. The first-order chi connectivity index (χ1) is 17.0. The van der Waals surface area contributed by atoms with E-state index in [9.17, 15) is 35.1 Å². The molecule has 0 saturated heterocycles. The quantitative estimate of drug-likeness (QED) is 0.252. The van der Waals surface area contributed by atoms with E-state index in [4.69, 9.17) is 9.47 Å². The van der Waals surface area contributed by atoms with Gasteiger partial charge in [-0.2, -0.15) is 17.6 Å². The summed E-state index contributed by atoms with van der Waals surface area (Å²) >= 11 is 0. The molecule has 6 N–H and O–H groups in total. The molecular formula is C24H14Cl2F8N2O2. The zero-order valence-electron chi connectivity index (χ0n) is 18.6. The molecule has 0 heterocycles. The molecule has 0 aliphatic rings. The predicted octanol–water partition coefficient (Wildman–Crippen LogP) is -0.194. The van der Waals surface area contributed by atoms with Gasteiger partial charge in [0.1, 0.15) is 22.9 Å². The van der Waals surface area contributed by atoms with Crippen LogP contribution in [0.5, 0.6) is 23.0 Å². The summed E-state index contributed by atoms with van der Waals surface area (Å²) in [6.45, 7) is 0. The molecule has 4 rings (SSSR count). The standard InChI is InChI=1S/C24H12F8N2O2.2ClH/c25-15-13(16(26)20(30)23(19(15)29)35-11-5-1-9(33)2-6-11)14-17(27)21(31)24(22(32)18(14)28)36-12-7-3-10(34)4-8-12;;/h1-8H,33-34H2;2*1H. The second-order valence-electron chi connectivity index (χ2n) is 7.41. The van der Waals surface area contributed by atoms with Crippen LogP contribution in [0.3, 0.4) is 0 Å². The molecule has 0 fully saturated rings. The van der Waals surface area contributed by atoms with E-state index in [1.807, 2.05) is 0 Å². The maximum Gasteiger partial charge on any atom is 0.205 e. The SMILES string of the molecule is [Cl-].[Cl-].[NH3+]c1ccc(Oc2c(F)c(F)c(-c3c(F)c(F)c(Oc4ccc([NH3+])cc4)c(F)c3F)c(F)c2F)cc1. The van der Waals surface area contributed by atoms with E-state index in [0.29, 0.717) is 11.4 Å². The molecule has 0 radical (unpaired) electrons. The molecule has 0 atom stereocenters. The van der Waals surface area contributed by atoms with Gasteiger partial charge in [-0.05, 0) is 24.3 Å². The van der Waals surface area contributed by atoms with Crippen LogP contribution in [-0.2, 0) is 0 Å². The first-order valence-corrected chi connectivity index (χ1v) is 9.93. The van der Waals surface area contributed by atoms with Crippen LogP contribution in [0.15, 0.2) is 48.5 Å². The van der Waals surface area contributed by atoms with Crippen LogP contribution < -0.4 is 45.8 Å². The Hall–Kier alpha value is -3.58. The minimum Gasteiger partial charge on any atom is -1.00 e. The largest absolute Gasteiger partial charge is 1.00 e. The molecule has 0 spiro atoms. The molecule has 38 heavy (non-hydrogen) atoms. The molecule has 0 aromatic heterocycles. The molecule has 4 nitrogen and oxygen atoms in total. The lowest BCUT2D eigenvalue weighted by Gasteiger charge is -2.16. The van der Waals surface area contributed by atoms with E-state index in [-0.39, 0.29) is 36.3 Å². The number of ether oxygens (including phenoxy) is 2. The third-order valence-corrected chi connectivity index (χ3v) is 4.98. The Morgan fingerprint density at radius 1 is 0.395 bits per heavy atom. The van der Waals surface area contributed by atoms with Crippen LogP contribution in [-0.4, -0.2) is 0 Å². The van der Waals surface area contributed by atoms with Crippen molar-refractivity contribution >= 4 is 11.4 Å².